The molecule has 19 heavy (non-hydrogen) atoms. The summed E-state index contributed by atoms with van der Waals surface area (Å²) in [6.45, 7) is 12.6. The summed E-state index contributed by atoms with van der Waals surface area (Å²) in [6.07, 6.45) is 10.5. The van der Waals surface area contributed by atoms with Crippen molar-refractivity contribution < 1.29 is 9.53 Å². The van der Waals surface area contributed by atoms with Crippen LogP contribution in [0.2, 0.25) is 0 Å². The zero-order chi connectivity index (χ0) is 14.5. The second-order valence-electron chi connectivity index (χ2n) is 4.40. The molecule has 0 unspecified atom stereocenters. The lowest BCUT2D eigenvalue weighted by Crippen LogP contribution is -2.29. The fraction of sp³-hybridized carbons (Fsp3) is 0.562. The molecule has 0 radical (unpaired) electrons. The Kier molecular flexibility index (Phi) is 10.9. The number of rotatable bonds is 10. The maximum absolute atomic E-state index is 11.2. The van der Waals surface area contributed by atoms with E-state index in [9.17, 15) is 4.79 Å². The molecule has 0 amide bonds. The van der Waals surface area contributed by atoms with Crippen LogP contribution in [0.4, 0.5) is 0 Å². The van der Waals surface area contributed by atoms with Crippen LogP contribution in [0.1, 0.15) is 33.6 Å². The van der Waals surface area contributed by atoms with Gasteiger partial charge in [0.15, 0.2) is 0 Å². The zero-order valence-electron chi connectivity index (χ0n) is 12.5. The van der Waals surface area contributed by atoms with Gasteiger partial charge in [-0.05, 0) is 26.3 Å². The summed E-state index contributed by atoms with van der Waals surface area (Å²) >= 11 is 0. The fourth-order valence-electron chi connectivity index (χ4n) is 1.47. The average molecular weight is 265 g/mol. The fourth-order valence-corrected chi connectivity index (χ4v) is 1.47. The number of hydrogen-bond donors (Lipinski definition) is 0. The molecule has 3 heteroatoms. The first kappa shape index (κ1) is 17.6. The minimum Gasteiger partial charge on any atom is -0.461 e. The number of ether oxygens (including phenoxy) is 1. The predicted molar refractivity (Wildman–Crippen MR) is 81.1 cm³/mol. The standard InChI is InChI=1S/C16H27NO2/c1-5-7-8-9-10-11-12-17(6-2)13-14-19-16(18)15(3)4/h7-10H,3,5-6,11-14H2,1-2,4H3/b8-7+,10-9+. The lowest BCUT2D eigenvalue weighted by molar-refractivity contribution is -0.139. The highest BCUT2D eigenvalue weighted by molar-refractivity contribution is 5.86. The van der Waals surface area contributed by atoms with Crippen molar-refractivity contribution in [3.63, 3.8) is 0 Å². The van der Waals surface area contributed by atoms with Gasteiger partial charge in [0.25, 0.3) is 0 Å². The van der Waals surface area contributed by atoms with E-state index in [2.05, 4.69) is 49.6 Å². The third kappa shape index (κ3) is 10.3. The normalized spacial score (nSPS) is 11.6. The van der Waals surface area contributed by atoms with Crippen LogP contribution >= 0.6 is 0 Å². The van der Waals surface area contributed by atoms with Crippen LogP contribution in [-0.2, 0) is 9.53 Å². The number of hydrogen-bond acceptors (Lipinski definition) is 3. The Bertz CT molecular complexity index is 319. The summed E-state index contributed by atoms with van der Waals surface area (Å²) in [4.78, 5) is 13.5. The van der Waals surface area contributed by atoms with E-state index in [-0.39, 0.29) is 5.97 Å². The molecule has 0 fully saturated rings. The Labute approximate surface area is 117 Å². The zero-order valence-corrected chi connectivity index (χ0v) is 12.5. The van der Waals surface area contributed by atoms with Crippen molar-refractivity contribution in [1.29, 1.82) is 0 Å². The van der Waals surface area contributed by atoms with Crippen molar-refractivity contribution in [3.05, 3.63) is 36.5 Å². The summed E-state index contributed by atoms with van der Waals surface area (Å²) in [5.74, 6) is -0.305. The van der Waals surface area contributed by atoms with Gasteiger partial charge in [-0.15, -0.1) is 0 Å². The molecule has 0 spiro atoms. The van der Waals surface area contributed by atoms with E-state index >= 15 is 0 Å². The molecular weight excluding hydrogens is 238 g/mol. The van der Waals surface area contributed by atoms with Crippen LogP contribution in [0.3, 0.4) is 0 Å². The van der Waals surface area contributed by atoms with Crippen molar-refractivity contribution in [2.45, 2.75) is 33.6 Å². The lowest BCUT2D eigenvalue weighted by Gasteiger charge is -2.19. The largest absolute Gasteiger partial charge is 0.461 e. The molecule has 0 aliphatic heterocycles. The minimum absolute atomic E-state index is 0.305. The van der Waals surface area contributed by atoms with Crippen molar-refractivity contribution in [2.75, 3.05) is 26.2 Å². The molecule has 0 aromatic rings. The van der Waals surface area contributed by atoms with Crippen LogP contribution in [0, 0.1) is 0 Å². The van der Waals surface area contributed by atoms with Crippen molar-refractivity contribution in [1.82, 2.24) is 4.90 Å². The number of allylic oxidation sites excluding steroid dienone is 3. The van der Waals surface area contributed by atoms with E-state index in [0.29, 0.717) is 12.2 Å². The van der Waals surface area contributed by atoms with Crippen LogP contribution in [-0.4, -0.2) is 37.1 Å². The molecule has 0 heterocycles. The predicted octanol–water partition coefficient (Wildman–Crippen LogP) is 3.34. The number of esters is 1. The summed E-state index contributed by atoms with van der Waals surface area (Å²) in [5, 5.41) is 0. The monoisotopic (exact) mass is 265 g/mol. The minimum atomic E-state index is -0.305. The molecule has 108 valence electrons. The molecule has 0 N–H and O–H groups in total. The number of likely N-dealkylation sites (N-methyl/N-ethyl adjacent to an activating group) is 1. The van der Waals surface area contributed by atoms with E-state index < -0.39 is 0 Å². The summed E-state index contributed by atoms with van der Waals surface area (Å²) in [7, 11) is 0. The topological polar surface area (TPSA) is 29.5 Å². The van der Waals surface area contributed by atoms with Gasteiger partial charge >= 0.3 is 5.97 Å². The molecule has 0 saturated carbocycles. The molecule has 0 atom stereocenters. The van der Waals surface area contributed by atoms with Crippen molar-refractivity contribution >= 4 is 5.97 Å². The molecular formula is C16H27NO2. The first-order chi connectivity index (χ1) is 9.11. The van der Waals surface area contributed by atoms with E-state index in [1.165, 1.54) is 0 Å². The van der Waals surface area contributed by atoms with Crippen LogP contribution in [0.25, 0.3) is 0 Å². The summed E-state index contributed by atoms with van der Waals surface area (Å²) in [5.41, 5.74) is 0.452. The highest BCUT2D eigenvalue weighted by atomic mass is 16.5. The van der Waals surface area contributed by atoms with Gasteiger partial charge in [0.2, 0.25) is 0 Å². The second-order valence-corrected chi connectivity index (χ2v) is 4.40. The van der Waals surface area contributed by atoms with Crippen LogP contribution in [0.15, 0.2) is 36.5 Å². The Morgan fingerprint density at radius 1 is 1.21 bits per heavy atom. The first-order valence-electron chi connectivity index (χ1n) is 6.98. The Morgan fingerprint density at radius 2 is 1.89 bits per heavy atom. The van der Waals surface area contributed by atoms with Crippen LogP contribution < -0.4 is 0 Å². The van der Waals surface area contributed by atoms with Gasteiger partial charge in [-0.3, -0.25) is 4.90 Å². The molecule has 0 rings (SSSR count). The third-order valence-corrected chi connectivity index (χ3v) is 2.67. The molecule has 3 nitrogen and oxygen atoms in total. The van der Waals surface area contributed by atoms with Crippen LogP contribution in [0.5, 0.6) is 0 Å². The van der Waals surface area contributed by atoms with E-state index in [1.54, 1.807) is 6.92 Å². The van der Waals surface area contributed by atoms with Gasteiger partial charge in [-0.25, -0.2) is 4.79 Å². The SMILES string of the molecule is C=C(C)C(=O)OCCN(CC)CC/C=C/C=C/CC. The maximum atomic E-state index is 11.2. The molecule has 0 saturated heterocycles. The lowest BCUT2D eigenvalue weighted by atomic mass is 10.3. The third-order valence-electron chi connectivity index (χ3n) is 2.67. The van der Waals surface area contributed by atoms with E-state index in [4.69, 9.17) is 4.74 Å². The highest BCUT2D eigenvalue weighted by Crippen LogP contribution is 1.96. The van der Waals surface area contributed by atoms with Gasteiger partial charge < -0.3 is 4.74 Å². The molecule has 0 aliphatic rings. The highest BCUT2D eigenvalue weighted by Gasteiger charge is 2.05. The number of carbonyl (C=O) groups excluding carboxylic acids is 1. The van der Waals surface area contributed by atoms with E-state index in [0.717, 1.165) is 32.5 Å². The molecule has 0 aliphatic carbocycles. The summed E-state index contributed by atoms with van der Waals surface area (Å²) in [6, 6.07) is 0. The van der Waals surface area contributed by atoms with Gasteiger partial charge in [-0.1, -0.05) is 44.7 Å². The van der Waals surface area contributed by atoms with Gasteiger partial charge in [0.1, 0.15) is 6.61 Å². The van der Waals surface area contributed by atoms with Crippen molar-refractivity contribution in [3.8, 4) is 0 Å². The Morgan fingerprint density at radius 3 is 2.47 bits per heavy atom. The van der Waals surface area contributed by atoms with Gasteiger partial charge in [0.05, 0.1) is 0 Å². The number of nitrogens with zero attached hydrogens (tertiary/aromatic N) is 1. The van der Waals surface area contributed by atoms with E-state index in [1.807, 2.05) is 0 Å². The Balaban J connectivity index is 3.77. The van der Waals surface area contributed by atoms with Gasteiger partial charge in [0, 0.05) is 18.7 Å². The van der Waals surface area contributed by atoms with Gasteiger partial charge in [-0.2, -0.15) is 0 Å². The first-order valence-corrected chi connectivity index (χ1v) is 6.98. The molecule has 0 bridgehead atoms. The molecule has 0 aromatic carbocycles. The quantitative estimate of drug-likeness (QED) is 0.345. The molecule has 0 aromatic heterocycles. The Hall–Kier alpha value is -1.35. The number of carbonyl (C=O) groups is 1. The summed E-state index contributed by atoms with van der Waals surface area (Å²) < 4.78 is 5.09. The average Bonchev–Trinajstić information content (AvgIpc) is 2.40. The van der Waals surface area contributed by atoms with Crippen molar-refractivity contribution in [2.24, 2.45) is 0 Å². The smallest absolute Gasteiger partial charge is 0.333 e. The second kappa shape index (κ2) is 11.7. The maximum Gasteiger partial charge on any atom is 0.333 e.